The maximum Gasteiger partial charge on any atom is 0.260 e. The van der Waals surface area contributed by atoms with E-state index >= 15 is 0 Å². The molecule has 2 aromatic rings. The first kappa shape index (κ1) is 19.9. The van der Waals surface area contributed by atoms with E-state index in [0.717, 1.165) is 68.7 Å². The highest BCUT2D eigenvalue weighted by Crippen LogP contribution is 2.21. The van der Waals surface area contributed by atoms with E-state index in [-0.39, 0.29) is 12.5 Å². The summed E-state index contributed by atoms with van der Waals surface area (Å²) in [6, 6.07) is 5.94. The normalized spacial score (nSPS) is 17.7. The molecule has 7 nitrogen and oxygen atoms in total. The molecule has 7 heteroatoms. The molecule has 0 radical (unpaired) electrons. The summed E-state index contributed by atoms with van der Waals surface area (Å²) < 4.78 is 8.10. The van der Waals surface area contributed by atoms with Gasteiger partial charge in [-0.3, -0.25) is 9.69 Å². The van der Waals surface area contributed by atoms with Crippen LogP contribution in [0.25, 0.3) is 0 Å². The number of aryl methyl sites for hydroxylation is 2. The molecule has 1 amide bonds. The summed E-state index contributed by atoms with van der Waals surface area (Å²) in [7, 11) is 0. The molecule has 29 heavy (non-hydrogen) atoms. The van der Waals surface area contributed by atoms with Gasteiger partial charge in [0.05, 0.1) is 6.54 Å². The van der Waals surface area contributed by atoms with Crippen molar-refractivity contribution in [1.29, 1.82) is 0 Å². The van der Waals surface area contributed by atoms with Gasteiger partial charge in [0, 0.05) is 39.1 Å². The van der Waals surface area contributed by atoms with E-state index in [9.17, 15) is 4.79 Å². The minimum Gasteiger partial charge on any atom is -0.483 e. The van der Waals surface area contributed by atoms with Crippen LogP contribution >= 0.6 is 0 Å². The van der Waals surface area contributed by atoms with Crippen LogP contribution in [0.15, 0.2) is 18.2 Å². The third-order valence-corrected chi connectivity index (χ3v) is 6.18. The first-order chi connectivity index (χ1) is 14.1. The predicted octanol–water partition coefficient (Wildman–Crippen LogP) is 2.34. The number of benzene rings is 1. The van der Waals surface area contributed by atoms with Crippen molar-refractivity contribution in [2.24, 2.45) is 0 Å². The highest BCUT2D eigenvalue weighted by atomic mass is 16.5. The van der Waals surface area contributed by atoms with Gasteiger partial charge in [-0.2, -0.15) is 0 Å². The molecule has 1 aromatic heterocycles. The minimum absolute atomic E-state index is 0.0573. The Kier molecular flexibility index (Phi) is 6.13. The van der Waals surface area contributed by atoms with Gasteiger partial charge >= 0.3 is 0 Å². The highest BCUT2D eigenvalue weighted by molar-refractivity contribution is 5.78. The van der Waals surface area contributed by atoms with Crippen LogP contribution in [0.3, 0.4) is 0 Å². The van der Waals surface area contributed by atoms with Crippen LogP contribution in [0, 0.1) is 13.8 Å². The molecule has 1 aromatic carbocycles. The number of rotatable bonds is 5. The maximum absolute atomic E-state index is 12.6. The molecule has 3 heterocycles. The lowest BCUT2D eigenvalue weighted by atomic mass is 10.1. The van der Waals surface area contributed by atoms with Crippen LogP contribution in [0.4, 0.5) is 0 Å². The number of piperazine rings is 1. The number of carbonyl (C=O) groups excluding carboxylic acids is 1. The molecule has 0 unspecified atom stereocenters. The number of ether oxygens (including phenoxy) is 1. The summed E-state index contributed by atoms with van der Waals surface area (Å²) in [4.78, 5) is 16.9. The fraction of sp³-hybridized carbons (Fsp3) is 0.591. The molecular weight excluding hydrogens is 366 g/mol. The van der Waals surface area contributed by atoms with Gasteiger partial charge in [-0.05, 0) is 43.9 Å². The lowest BCUT2D eigenvalue weighted by Gasteiger charge is -2.34. The van der Waals surface area contributed by atoms with E-state index < -0.39 is 0 Å². The Labute approximate surface area is 172 Å². The van der Waals surface area contributed by atoms with Crippen molar-refractivity contribution in [1.82, 2.24) is 24.6 Å². The fourth-order valence-electron chi connectivity index (χ4n) is 4.13. The Morgan fingerprint density at radius 3 is 2.69 bits per heavy atom. The second kappa shape index (κ2) is 8.95. The van der Waals surface area contributed by atoms with Crippen LogP contribution in [0.1, 0.15) is 42.0 Å². The third kappa shape index (κ3) is 4.61. The first-order valence-corrected chi connectivity index (χ1v) is 10.7. The summed E-state index contributed by atoms with van der Waals surface area (Å²) in [5.41, 5.74) is 2.27. The van der Waals surface area contributed by atoms with Gasteiger partial charge in [-0.25, -0.2) is 0 Å². The van der Waals surface area contributed by atoms with Gasteiger partial charge in [-0.15, -0.1) is 10.2 Å². The Hall–Kier alpha value is -2.41. The lowest BCUT2D eigenvalue weighted by Crippen LogP contribution is -2.49. The van der Waals surface area contributed by atoms with Crippen molar-refractivity contribution in [2.45, 2.75) is 52.6 Å². The van der Waals surface area contributed by atoms with E-state index in [2.05, 4.69) is 32.7 Å². The van der Waals surface area contributed by atoms with E-state index in [1.165, 1.54) is 24.8 Å². The van der Waals surface area contributed by atoms with E-state index in [4.69, 9.17) is 4.74 Å². The summed E-state index contributed by atoms with van der Waals surface area (Å²) in [5.74, 6) is 3.06. The zero-order valence-corrected chi connectivity index (χ0v) is 17.6. The molecule has 0 N–H and O–H groups in total. The minimum atomic E-state index is 0.0573. The molecule has 1 fully saturated rings. The van der Waals surface area contributed by atoms with Crippen molar-refractivity contribution in [3.8, 4) is 5.75 Å². The maximum atomic E-state index is 12.6. The Balaban J connectivity index is 1.27. The number of carbonyl (C=O) groups is 1. The van der Waals surface area contributed by atoms with Gasteiger partial charge in [0.25, 0.3) is 5.91 Å². The zero-order valence-electron chi connectivity index (χ0n) is 17.6. The lowest BCUT2D eigenvalue weighted by molar-refractivity contribution is -0.135. The molecule has 0 atom stereocenters. The number of hydrogen-bond acceptors (Lipinski definition) is 5. The van der Waals surface area contributed by atoms with Crippen LogP contribution in [0.2, 0.25) is 0 Å². The number of nitrogens with zero attached hydrogens (tertiary/aromatic N) is 5. The summed E-state index contributed by atoms with van der Waals surface area (Å²) >= 11 is 0. The predicted molar refractivity (Wildman–Crippen MR) is 111 cm³/mol. The van der Waals surface area contributed by atoms with E-state index in [0.29, 0.717) is 0 Å². The van der Waals surface area contributed by atoms with Crippen molar-refractivity contribution in [3.63, 3.8) is 0 Å². The molecule has 0 spiro atoms. The summed E-state index contributed by atoms with van der Waals surface area (Å²) in [6.07, 6.45) is 4.73. The van der Waals surface area contributed by atoms with Gasteiger partial charge in [0.1, 0.15) is 17.4 Å². The molecule has 2 aliphatic rings. The van der Waals surface area contributed by atoms with Gasteiger partial charge < -0.3 is 14.2 Å². The third-order valence-electron chi connectivity index (χ3n) is 6.18. The smallest absolute Gasteiger partial charge is 0.260 e. The van der Waals surface area contributed by atoms with Gasteiger partial charge in [0.2, 0.25) is 0 Å². The second-order valence-corrected chi connectivity index (χ2v) is 8.14. The molecular formula is C22H31N5O2. The second-order valence-electron chi connectivity index (χ2n) is 8.14. The van der Waals surface area contributed by atoms with Crippen LogP contribution in [-0.4, -0.2) is 63.3 Å². The van der Waals surface area contributed by atoms with Crippen molar-refractivity contribution in [3.05, 3.63) is 41.0 Å². The number of amides is 1. The van der Waals surface area contributed by atoms with Crippen molar-refractivity contribution >= 4 is 5.91 Å². The average Bonchev–Trinajstić information content (AvgIpc) is 2.95. The van der Waals surface area contributed by atoms with Crippen LogP contribution in [-0.2, 0) is 24.3 Å². The quantitative estimate of drug-likeness (QED) is 0.775. The summed E-state index contributed by atoms with van der Waals surface area (Å²) in [6.45, 7) is 9.21. The van der Waals surface area contributed by atoms with Crippen molar-refractivity contribution in [2.75, 3.05) is 32.8 Å². The Morgan fingerprint density at radius 1 is 1.03 bits per heavy atom. The van der Waals surface area contributed by atoms with Crippen LogP contribution < -0.4 is 4.74 Å². The number of aromatic nitrogens is 3. The summed E-state index contributed by atoms with van der Waals surface area (Å²) in [5, 5.41) is 8.83. The highest BCUT2D eigenvalue weighted by Gasteiger charge is 2.24. The number of fused-ring (bicyclic) bond motifs is 1. The van der Waals surface area contributed by atoms with E-state index in [1.54, 1.807) is 0 Å². The van der Waals surface area contributed by atoms with Gasteiger partial charge in [-0.1, -0.05) is 18.6 Å². The van der Waals surface area contributed by atoms with Gasteiger partial charge in [0.15, 0.2) is 6.61 Å². The molecule has 2 aliphatic heterocycles. The molecule has 0 bridgehead atoms. The van der Waals surface area contributed by atoms with E-state index in [1.807, 2.05) is 24.0 Å². The number of hydrogen-bond donors (Lipinski definition) is 0. The monoisotopic (exact) mass is 397 g/mol. The molecule has 156 valence electrons. The van der Waals surface area contributed by atoms with Crippen LogP contribution in [0.5, 0.6) is 5.75 Å². The standard InChI is InChI=1S/C22H31N5O2/c1-17-7-6-8-19(18(17)2)29-16-22(28)26-13-11-25(12-14-26)15-21-24-23-20-9-4-3-5-10-27(20)21/h6-8H,3-5,9-16H2,1-2H3. The average molecular weight is 398 g/mol. The Bertz CT molecular complexity index is 855. The molecule has 0 aliphatic carbocycles. The molecule has 1 saturated heterocycles. The van der Waals surface area contributed by atoms with Crippen molar-refractivity contribution < 1.29 is 9.53 Å². The zero-order chi connectivity index (χ0) is 20.2. The molecule has 0 saturated carbocycles. The topological polar surface area (TPSA) is 63.5 Å². The fourth-order valence-corrected chi connectivity index (χ4v) is 4.13. The molecule has 4 rings (SSSR count). The Morgan fingerprint density at radius 2 is 1.86 bits per heavy atom. The first-order valence-electron chi connectivity index (χ1n) is 10.7. The SMILES string of the molecule is Cc1cccc(OCC(=O)N2CCN(Cc3nnc4n3CCCCC4)CC2)c1C. The largest absolute Gasteiger partial charge is 0.483 e.